The predicted octanol–water partition coefficient (Wildman–Crippen LogP) is 0.335. The average Bonchev–Trinajstić information content (AvgIpc) is 3.38. The molecule has 2 saturated heterocycles. The number of ether oxygens (including phenoxy) is 1. The quantitative estimate of drug-likeness (QED) is 0.662. The molecule has 0 spiro atoms. The van der Waals surface area contributed by atoms with E-state index < -0.39 is 16.0 Å². The molecule has 2 fully saturated rings. The fraction of sp³-hybridized carbons (Fsp3) is 0.647. The molecular formula is C17H25N3O6S. The largest absolute Gasteiger partial charge is 0.465 e. The highest BCUT2D eigenvalue weighted by molar-refractivity contribution is 7.89. The second-order valence-corrected chi connectivity index (χ2v) is 8.78. The topological polar surface area (TPSA) is 118 Å². The first-order valence-corrected chi connectivity index (χ1v) is 10.5. The Bertz CT molecular complexity index is 784. The summed E-state index contributed by atoms with van der Waals surface area (Å²) in [5, 5.41) is 5.80. The van der Waals surface area contributed by atoms with Crippen LogP contribution in [-0.2, 0) is 19.6 Å². The van der Waals surface area contributed by atoms with Gasteiger partial charge < -0.3 is 19.8 Å². The Hall–Kier alpha value is -1.91. The molecule has 0 bridgehead atoms. The van der Waals surface area contributed by atoms with Crippen molar-refractivity contribution in [2.75, 3.05) is 33.3 Å². The van der Waals surface area contributed by atoms with Crippen LogP contribution >= 0.6 is 0 Å². The van der Waals surface area contributed by atoms with Crippen LogP contribution in [0.2, 0.25) is 0 Å². The molecule has 1 aromatic rings. The molecular weight excluding hydrogens is 374 g/mol. The summed E-state index contributed by atoms with van der Waals surface area (Å²) >= 11 is 0. The number of esters is 1. The molecule has 3 rings (SSSR count). The first-order chi connectivity index (χ1) is 12.9. The highest BCUT2D eigenvalue weighted by Crippen LogP contribution is 2.25. The van der Waals surface area contributed by atoms with Crippen molar-refractivity contribution in [3.63, 3.8) is 0 Å². The number of nitrogens with zero attached hydrogens (tertiary/aromatic N) is 1. The van der Waals surface area contributed by atoms with E-state index in [2.05, 4.69) is 15.4 Å². The predicted molar refractivity (Wildman–Crippen MR) is 95.6 cm³/mol. The molecule has 10 heteroatoms. The molecule has 2 unspecified atom stereocenters. The van der Waals surface area contributed by atoms with Gasteiger partial charge in [-0.2, -0.15) is 4.31 Å². The molecule has 2 aliphatic heterocycles. The lowest BCUT2D eigenvalue weighted by atomic mass is 9.99. The minimum atomic E-state index is -3.84. The number of carbonyl (C=O) groups is 2. The van der Waals surface area contributed by atoms with Gasteiger partial charge in [-0.15, -0.1) is 0 Å². The Morgan fingerprint density at radius 1 is 1.37 bits per heavy atom. The molecule has 1 aromatic heterocycles. The number of hydrogen-bond donors (Lipinski definition) is 2. The van der Waals surface area contributed by atoms with Crippen LogP contribution in [0.4, 0.5) is 0 Å². The molecule has 2 N–H and O–H groups in total. The van der Waals surface area contributed by atoms with E-state index >= 15 is 0 Å². The summed E-state index contributed by atoms with van der Waals surface area (Å²) in [7, 11) is -2.62. The van der Waals surface area contributed by atoms with Crippen molar-refractivity contribution in [3.05, 3.63) is 17.9 Å². The van der Waals surface area contributed by atoms with Crippen molar-refractivity contribution < 1.29 is 27.2 Å². The SMILES string of the molecule is COC(=O)c1coc(S(=O)(=O)N2CCCC(CNC(=O)C3CCCN3)C2)c1. The molecule has 0 aliphatic carbocycles. The summed E-state index contributed by atoms with van der Waals surface area (Å²) in [5.41, 5.74) is 0.0564. The minimum Gasteiger partial charge on any atom is -0.465 e. The summed E-state index contributed by atoms with van der Waals surface area (Å²) in [4.78, 5) is 23.6. The first-order valence-electron chi connectivity index (χ1n) is 9.10. The molecule has 27 heavy (non-hydrogen) atoms. The standard InChI is InChI=1S/C17H25N3O6S/c1-25-17(22)13-8-15(26-11-13)27(23,24)20-7-3-4-12(10-20)9-19-16(21)14-5-2-6-18-14/h8,11-12,14,18H,2-7,9-10H2,1H3,(H,19,21). The molecule has 2 aliphatic rings. The van der Waals surface area contributed by atoms with Gasteiger partial charge in [-0.3, -0.25) is 4.79 Å². The van der Waals surface area contributed by atoms with Crippen molar-refractivity contribution in [3.8, 4) is 0 Å². The van der Waals surface area contributed by atoms with Crippen LogP contribution in [0.25, 0.3) is 0 Å². The number of amides is 1. The van der Waals surface area contributed by atoms with E-state index in [0.29, 0.717) is 26.1 Å². The van der Waals surface area contributed by atoms with Gasteiger partial charge in [0.25, 0.3) is 10.0 Å². The molecule has 0 saturated carbocycles. The molecule has 0 aromatic carbocycles. The van der Waals surface area contributed by atoms with E-state index in [4.69, 9.17) is 4.42 Å². The molecule has 2 atom stereocenters. The summed E-state index contributed by atoms with van der Waals surface area (Å²) in [6.45, 7) is 1.97. The smallest absolute Gasteiger partial charge is 0.341 e. The summed E-state index contributed by atoms with van der Waals surface area (Å²) < 4.78 is 36.6. The normalized spacial score (nSPS) is 23.9. The Morgan fingerprint density at radius 3 is 2.89 bits per heavy atom. The molecule has 0 radical (unpaired) electrons. The van der Waals surface area contributed by atoms with Crippen LogP contribution in [0.3, 0.4) is 0 Å². The second-order valence-electron chi connectivity index (χ2n) is 6.91. The summed E-state index contributed by atoms with van der Waals surface area (Å²) in [5.74, 6) is -0.643. The first kappa shape index (κ1) is 19.8. The zero-order chi connectivity index (χ0) is 19.4. The third-order valence-corrected chi connectivity index (χ3v) is 6.75. The van der Waals surface area contributed by atoms with Crippen molar-refractivity contribution in [2.24, 2.45) is 5.92 Å². The number of sulfonamides is 1. The van der Waals surface area contributed by atoms with E-state index in [9.17, 15) is 18.0 Å². The average molecular weight is 399 g/mol. The highest BCUT2D eigenvalue weighted by atomic mass is 32.2. The van der Waals surface area contributed by atoms with Crippen LogP contribution in [-0.4, -0.2) is 63.9 Å². The summed E-state index contributed by atoms with van der Waals surface area (Å²) in [6, 6.07) is 1.03. The van der Waals surface area contributed by atoms with Crippen LogP contribution in [0.1, 0.15) is 36.0 Å². The zero-order valence-corrected chi connectivity index (χ0v) is 16.1. The Labute approximate surface area is 158 Å². The van der Waals surface area contributed by atoms with Gasteiger partial charge in [0, 0.05) is 25.7 Å². The van der Waals surface area contributed by atoms with E-state index in [1.54, 1.807) is 0 Å². The van der Waals surface area contributed by atoms with Crippen molar-refractivity contribution in [1.29, 1.82) is 0 Å². The van der Waals surface area contributed by atoms with Gasteiger partial charge in [-0.05, 0) is 38.1 Å². The molecule has 1 amide bonds. The van der Waals surface area contributed by atoms with E-state index in [1.165, 1.54) is 17.5 Å². The number of rotatable bonds is 6. The van der Waals surface area contributed by atoms with Gasteiger partial charge in [0.1, 0.15) is 6.26 Å². The van der Waals surface area contributed by atoms with Crippen molar-refractivity contribution in [2.45, 2.75) is 36.8 Å². The lowest BCUT2D eigenvalue weighted by Gasteiger charge is -2.31. The Kier molecular flexibility index (Phi) is 6.18. The number of hydrogen-bond acceptors (Lipinski definition) is 7. The fourth-order valence-electron chi connectivity index (χ4n) is 3.49. The zero-order valence-electron chi connectivity index (χ0n) is 15.3. The van der Waals surface area contributed by atoms with Crippen molar-refractivity contribution in [1.82, 2.24) is 14.9 Å². The Morgan fingerprint density at radius 2 is 2.19 bits per heavy atom. The maximum atomic E-state index is 12.8. The minimum absolute atomic E-state index is 0.0266. The number of furan rings is 1. The Balaban J connectivity index is 1.60. The van der Waals surface area contributed by atoms with Crippen LogP contribution in [0.5, 0.6) is 0 Å². The third kappa shape index (κ3) is 4.50. The monoisotopic (exact) mass is 399 g/mol. The van der Waals surface area contributed by atoms with Gasteiger partial charge in [0.2, 0.25) is 11.0 Å². The molecule has 9 nitrogen and oxygen atoms in total. The van der Waals surface area contributed by atoms with Gasteiger partial charge in [0.05, 0.1) is 18.7 Å². The van der Waals surface area contributed by atoms with Gasteiger partial charge in [-0.25, -0.2) is 13.2 Å². The lowest BCUT2D eigenvalue weighted by molar-refractivity contribution is -0.123. The maximum Gasteiger partial charge on any atom is 0.341 e. The van der Waals surface area contributed by atoms with Gasteiger partial charge >= 0.3 is 5.97 Å². The second kappa shape index (κ2) is 8.41. The van der Waals surface area contributed by atoms with Crippen LogP contribution in [0, 0.1) is 5.92 Å². The molecule has 150 valence electrons. The van der Waals surface area contributed by atoms with Gasteiger partial charge in [0.15, 0.2) is 0 Å². The summed E-state index contributed by atoms with van der Waals surface area (Å²) in [6.07, 6.45) is 4.44. The maximum absolute atomic E-state index is 12.8. The van der Waals surface area contributed by atoms with Crippen LogP contribution in [0.15, 0.2) is 21.8 Å². The van der Waals surface area contributed by atoms with E-state index in [-0.39, 0.29) is 28.5 Å². The third-order valence-electron chi connectivity index (χ3n) is 5.01. The van der Waals surface area contributed by atoms with E-state index in [0.717, 1.165) is 32.1 Å². The number of methoxy groups -OCH3 is 1. The number of nitrogens with one attached hydrogen (secondary N) is 2. The van der Waals surface area contributed by atoms with E-state index in [1.807, 2.05) is 0 Å². The fourth-order valence-corrected chi connectivity index (χ4v) is 4.97. The van der Waals surface area contributed by atoms with Crippen LogP contribution < -0.4 is 10.6 Å². The van der Waals surface area contributed by atoms with Gasteiger partial charge in [-0.1, -0.05) is 0 Å². The number of carbonyl (C=O) groups excluding carboxylic acids is 2. The molecule has 3 heterocycles. The van der Waals surface area contributed by atoms with Crippen molar-refractivity contribution >= 4 is 21.9 Å². The highest BCUT2D eigenvalue weighted by Gasteiger charge is 2.33. The number of piperidine rings is 1. The lowest BCUT2D eigenvalue weighted by Crippen LogP contribution is -2.46.